The second kappa shape index (κ2) is 5.01. The molecule has 1 fully saturated rings. The summed E-state index contributed by atoms with van der Waals surface area (Å²) >= 11 is 0. The van der Waals surface area contributed by atoms with Gasteiger partial charge in [-0.15, -0.1) is 0 Å². The standard InChI is InChI=1S/C14H17N3O2/c1-19-12-4-6-17(7-5-12)14(18)10-2-3-11-9-15-16-13(11)8-10/h2-3,8-9,12H,4-7H2,1H3,(H,15,16). The van der Waals surface area contributed by atoms with Crippen molar-refractivity contribution < 1.29 is 9.53 Å². The molecule has 100 valence electrons. The lowest BCUT2D eigenvalue weighted by Gasteiger charge is -2.31. The van der Waals surface area contributed by atoms with E-state index >= 15 is 0 Å². The molecule has 5 heteroatoms. The summed E-state index contributed by atoms with van der Waals surface area (Å²) in [5, 5.41) is 7.88. The quantitative estimate of drug-likeness (QED) is 0.895. The highest BCUT2D eigenvalue weighted by Crippen LogP contribution is 2.18. The normalized spacial score (nSPS) is 17.0. The summed E-state index contributed by atoms with van der Waals surface area (Å²) in [5.41, 5.74) is 1.62. The summed E-state index contributed by atoms with van der Waals surface area (Å²) < 4.78 is 5.32. The highest BCUT2D eigenvalue weighted by Gasteiger charge is 2.23. The third kappa shape index (κ3) is 2.33. The number of nitrogens with zero attached hydrogens (tertiary/aromatic N) is 2. The fourth-order valence-corrected chi connectivity index (χ4v) is 2.55. The summed E-state index contributed by atoms with van der Waals surface area (Å²) in [6.45, 7) is 1.52. The van der Waals surface area contributed by atoms with E-state index in [4.69, 9.17) is 4.74 Å². The third-order valence-corrected chi connectivity index (χ3v) is 3.75. The summed E-state index contributed by atoms with van der Waals surface area (Å²) in [6, 6.07) is 5.66. The van der Waals surface area contributed by atoms with E-state index in [0.717, 1.165) is 36.8 Å². The van der Waals surface area contributed by atoms with Crippen LogP contribution in [0, 0.1) is 0 Å². The number of aromatic nitrogens is 2. The molecule has 0 radical (unpaired) electrons. The number of likely N-dealkylation sites (tertiary alicyclic amines) is 1. The molecule has 2 heterocycles. The number of amides is 1. The van der Waals surface area contributed by atoms with Gasteiger partial charge in [0, 0.05) is 31.1 Å². The van der Waals surface area contributed by atoms with Crippen molar-refractivity contribution in [2.24, 2.45) is 0 Å². The smallest absolute Gasteiger partial charge is 0.253 e. The minimum Gasteiger partial charge on any atom is -0.381 e. The Hall–Kier alpha value is -1.88. The fraction of sp³-hybridized carbons (Fsp3) is 0.429. The average Bonchev–Trinajstić information content (AvgIpc) is 2.94. The van der Waals surface area contributed by atoms with Gasteiger partial charge in [0.2, 0.25) is 0 Å². The Balaban J connectivity index is 1.76. The lowest BCUT2D eigenvalue weighted by atomic mass is 10.1. The number of fused-ring (bicyclic) bond motifs is 1. The van der Waals surface area contributed by atoms with Crippen LogP contribution in [0.4, 0.5) is 0 Å². The van der Waals surface area contributed by atoms with Crippen LogP contribution in [0.15, 0.2) is 24.4 Å². The molecule has 1 N–H and O–H groups in total. The van der Waals surface area contributed by atoms with Crippen LogP contribution in [-0.2, 0) is 4.74 Å². The van der Waals surface area contributed by atoms with Gasteiger partial charge < -0.3 is 9.64 Å². The van der Waals surface area contributed by atoms with Gasteiger partial charge in [-0.1, -0.05) is 6.07 Å². The number of ether oxygens (including phenoxy) is 1. The van der Waals surface area contributed by atoms with Crippen LogP contribution in [-0.4, -0.2) is 47.3 Å². The molecule has 1 aliphatic rings. The number of methoxy groups -OCH3 is 1. The summed E-state index contributed by atoms with van der Waals surface area (Å²) in [4.78, 5) is 14.3. The number of H-pyrrole nitrogens is 1. The lowest BCUT2D eigenvalue weighted by molar-refractivity contribution is 0.0351. The van der Waals surface area contributed by atoms with Crippen molar-refractivity contribution in [3.05, 3.63) is 30.0 Å². The zero-order valence-electron chi connectivity index (χ0n) is 10.9. The molecule has 0 saturated carbocycles. The molecular formula is C14H17N3O2. The molecule has 19 heavy (non-hydrogen) atoms. The number of aromatic amines is 1. The van der Waals surface area contributed by atoms with Crippen LogP contribution in [0.3, 0.4) is 0 Å². The highest BCUT2D eigenvalue weighted by atomic mass is 16.5. The molecule has 0 aliphatic carbocycles. The maximum Gasteiger partial charge on any atom is 0.253 e. The number of hydrogen-bond donors (Lipinski definition) is 1. The monoisotopic (exact) mass is 259 g/mol. The number of carbonyl (C=O) groups excluding carboxylic acids is 1. The highest BCUT2D eigenvalue weighted by molar-refractivity contribution is 5.97. The van der Waals surface area contributed by atoms with Crippen molar-refractivity contribution in [1.82, 2.24) is 15.1 Å². The van der Waals surface area contributed by atoms with E-state index in [-0.39, 0.29) is 5.91 Å². The van der Waals surface area contributed by atoms with Crippen molar-refractivity contribution in [2.45, 2.75) is 18.9 Å². The van der Waals surface area contributed by atoms with E-state index in [1.165, 1.54) is 0 Å². The Morgan fingerprint density at radius 2 is 2.21 bits per heavy atom. The van der Waals surface area contributed by atoms with E-state index in [9.17, 15) is 4.79 Å². The molecule has 0 spiro atoms. The zero-order valence-corrected chi connectivity index (χ0v) is 10.9. The van der Waals surface area contributed by atoms with E-state index in [1.807, 2.05) is 23.1 Å². The molecule has 0 bridgehead atoms. The van der Waals surface area contributed by atoms with Crippen molar-refractivity contribution >= 4 is 16.8 Å². The van der Waals surface area contributed by atoms with E-state index in [1.54, 1.807) is 13.3 Å². The van der Waals surface area contributed by atoms with Crippen molar-refractivity contribution in [3.63, 3.8) is 0 Å². The number of hydrogen-bond acceptors (Lipinski definition) is 3. The number of piperidine rings is 1. The van der Waals surface area contributed by atoms with Crippen LogP contribution in [0.25, 0.3) is 10.9 Å². The van der Waals surface area contributed by atoms with Crippen LogP contribution in [0.1, 0.15) is 23.2 Å². The molecule has 1 aromatic heterocycles. The minimum absolute atomic E-state index is 0.0889. The maximum absolute atomic E-state index is 12.4. The molecule has 0 atom stereocenters. The largest absolute Gasteiger partial charge is 0.381 e. The summed E-state index contributed by atoms with van der Waals surface area (Å²) in [7, 11) is 1.73. The van der Waals surface area contributed by atoms with Gasteiger partial charge in [-0.25, -0.2) is 0 Å². The lowest BCUT2D eigenvalue weighted by Crippen LogP contribution is -2.40. The van der Waals surface area contributed by atoms with Crippen molar-refractivity contribution in [2.75, 3.05) is 20.2 Å². The Kier molecular flexibility index (Phi) is 3.21. The van der Waals surface area contributed by atoms with E-state index < -0.39 is 0 Å². The van der Waals surface area contributed by atoms with Gasteiger partial charge in [-0.2, -0.15) is 5.10 Å². The first-order valence-electron chi connectivity index (χ1n) is 6.53. The number of nitrogens with one attached hydrogen (secondary N) is 1. The Bertz CT molecular complexity index is 585. The molecule has 3 rings (SSSR count). The van der Waals surface area contributed by atoms with Crippen LogP contribution in [0.5, 0.6) is 0 Å². The van der Waals surface area contributed by atoms with Crippen molar-refractivity contribution in [1.29, 1.82) is 0 Å². The minimum atomic E-state index is 0.0889. The van der Waals surface area contributed by atoms with Crippen LogP contribution < -0.4 is 0 Å². The number of carbonyl (C=O) groups is 1. The summed E-state index contributed by atoms with van der Waals surface area (Å²) in [6.07, 6.45) is 3.87. The Morgan fingerprint density at radius 1 is 1.42 bits per heavy atom. The average molecular weight is 259 g/mol. The van der Waals surface area contributed by atoms with Gasteiger partial charge in [0.05, 0.1) is 17.8 Å². The van der Waals surface area contributed by atoms with Gasteiger partial charge >= 0.3 is 0 Å². The van der Waals surface area contributed by atoms with Gasteiger partial charge in [0.25, 0.3) is 5.91 Å². The van der Waals surface area contributed by atoms with Gasteiger partial charge in [-0.3, -0.25) is 9.89 Å². The van der Waals surface area contributed by atoms with Gasteiger partial charge in [0.1, 0.15) is 0 Å². The Morgan fingerprint density at radius 3 is 2.95 bits per heavy atom. The predicted octanol–water partition coefficient (Wildman–Crippen LogP) is 1.81. The maximum atomic E-state index is 12.4. The zero-order chi connectivity index (χ0) is 13.2. The van der Waals surface area contributed by atoms with Crippen LogP contribution >= 0.6 is 0 Å². The predicted molar refractivity (Wildman–Crippen MR) is 72.0 cm³/mol. The fourth-order valence-electron chi connectivity index (χ4n) is 2.55. The van der Waals surface area contributed by atoms with E-state index in [0.29, 0.717) is 11.7 Å². The van der Waals surface area contributed by atoms with Gasteiger partial charge in [0.15, 0.2) is 0 Å². The molecule has 2 aromatic rings. The molecule has 1 amide bonds. The second-order valence-corrected chi connectivity index (χ2v) is 4.90. The number of rotatable bonds is 2. The SMILES string of the molecule is COC1CCN(C(=O)c2ccc3cn[nH]c3c2)CC1. The molecule has 1 saturated heterocycles. The first-order valence-corrected chi connectivity index (χ1v) is 6.53. The molecule has 1 aliphatic heterocycles. The second-order valence-electron chi connectivity index (χ2n) is 4.90. The molecule has 0 unspecified atom stereocenters. The molecular weight excluding hydrogens is 242 g/mol. The molecule has 1 aromatic carbocycles. The number of benzene rings is 1. The molecule has 5 nitrogen and oxygen atoms in total. The van der Waals surface area contributed by atoms with Gasteiger partial charge in [-0.05, 0) is 25.0 Å². The Labute approximate surface area is 111 Å². The summed E-state index contributed by atoms with van der Waals surface area (Å²) in [5.74, 6) is 0.0889. The van der Waals surface area contributed by atoms with Crippen LogP contribution in [0.2, 0.25) is 0 Å². The first kappa shape index (κ1) is 12.2. The van der Waals surface area contributed by atoms with E-state index in [2.05, 4.69) is 10.2 Å². The van der Waals surface area contributed by atoms with Crippen molar-refractivity contribution in [3.8, 4) is 0 Å². The third-order valence-electron chi connectivity index (χ3n) is 3.75. The first-order chi connectivity index (χ1) is 9.28. The topological polar surface area (TPSA) is 58.2 Å².